The lowest BCUT2D eigenvalue weighted by molar-refractivity contribution is -0.122. The molecule has 0 bridgehead atoms. The summed E-state index contributed by atoms with van der Waals surface area (Å²) in [5.41, 5.74) is 5.25. The maximum absolute atomic E-state index is 11.3. The lowest BCUT2D eigenvalue weighted by Crippen LogP contribution is -2.35. The molecule has 6 heteroatoms. The van der Waals surface area contributed by atoms with Gasteiger partial charge >= 0.3 is 0 Å². The highest BCUT2D eigenvalue weighted by atomic mass is 32.1. The Bertz CT molecular complexity index is 409. The second-order valence-corrected chi connectivity index (χ2v) is 3.74. The number of nitrogens with two attached hydrogens (primary N) is 1. The van der Waals surface area contributed by atoms with Crippen molar-refractivity contribution in [1.82, 2.24) is 5.32 Å². The van der Waals surface area contributed by atoms with Crippen LogP contribution in [-0.4, -0.2) is 31.2 Å². The van der Waals surface area contributed by atoms with Crippen molar-refractivity contribution in [3.05, 3.63) is 24.3 Å². The van der Waals surface area contributed by atoms with E-state index >= 15 is 0 Å². The average Bonchev–Trinajstić information content (AvgIpc) is 2.34. The largest absolute Gasteiger partial charge is 0.497 e. The highest BCUT2D eigenvalue weighted by Gasteiger charge is 2.03. The van der Waals surface area contributed by atoms with Crippen molar-refractivity contribution in [1.29, 1.82) is 0 Å². The van der Waals surface area contributed by atoms with Crippen LogP contribution in [0.25, 0.3) is 0 Å². The molecule has 1 aromatic rings. The number of nitrogens with one attached hydrogen (secondary N) is 1. The van der Waals surface area contributed by atoms with Crippen LogP contribution in [0.2, 0.25) is 0 Å². The van der Waals surface area contributed by atoms with Crippen LogP contribution in [-0.2, 0) is 4.79 Å². The van der Waals surface area contributed by atoms with Gasteiger partial charge in [-0.3, -0.25) is 4.79 Å². The predicted octanol–water partition coefficient (Wildman–Crippen LogP) is 0.476. The fourth-order valence-electron chi connectivity index (χ4n) is 1.08. The summed E-state index contributed by atoms with van der Waals surface area (Å²) in [6.45, 7) is 0.0887. The molecule has 0 saturated carbocycles. The fourth-order valence-corrected chi connectivity index (χ4v) is 1.15. The van der Waals surface area contributed by atoms with Crippen molar-refractivity contribution in [2.24, 2.45) is 5.73 Å². The third kappa shape index (κ3) is 5.17. The van der Waals surface area contributed by atoms with E-state index in [1.807, 2.05) is 0 Å². The fraction of sp³-hybridized carbons (Fsp3) is 0.273. The second kappa shape index (κ2) is 6.70. The minimum absolute atomic E-state index is 0.0875. The third-order valence-corrected chi connectivity index (χ3v) is 2.02. The molecule has 0 spiro atoms. The SMILES string of the molecule is COc1cccc(OCC(=O)NCC(N)=S)c1. The van der Waals surface area contributed by atoms with Gasteiger partial charge in [-0.05, 0) is 12.1 Å². The summed E-state index contributed by atoms with van der Waals surface area (Å²) in [5.74, 6) is 0.960. The first kappa shape index (κ1) is 13.2. The van der Waals surface area contributed by atoms with Crippen LogP contribution in [0.1, 0.15) is 0 Å². The van der Waals surface area contributed by atoms with Gasteiger partial charge < -0.3 is 20.5 Å². The molecule has 92 valence electrons. The molecule has 0 unspecified atom stereocenters. The number of hydrogen-bond donors (Lipinski definition) is 2. The van der Waals surface area contributed by atoms with E-state index < -0.39 is 0 Å². The van der Waals surface area contributed by atoms with E-state index in [1.54, 1.807) is 31.4 Å². The summed E-state index contributed by atoms with van der Waals surface area (Å²) in [6, 6.07) is 7.01. The number of rotatable bonds is 6. The van der Waals surface area contributed by atoms with Gasteiger partial charge in [-0.2, -0.15) is 0 Å². The second-order valence-electron chi connectivity index (χ2n) is 3.21. The zero-order valence-electron chi connectivity index (χ0n) is 9.43. The molecule has 0 radical (unpaired) electrons. The van der Waals surface area contributed by atoms with Crippen LogP contribution in [0.4, 0.5) is 0 Å². The molecular weight excluding hydrogens is 240 g/mol. The van der Waals surface area contributed by atoms with Crippen molar-refractivity contribution >= 4 is 23.1 Å². The van der Waals surface area contributed by atoms with E-state index in [9.17, 15) is 4.79 Å². The normalized spacial score (nSPS) is 9.47. The molecule has 1 rings (SSSR count). The Morgan fingerprint density at radius 1 is 1.47 bits per heavy atom. The van der Waals surface area contributed by atoms with E-state index in [1.165, 1.54) is 0 Å². The molecule has 0 heterocycles. The number of thiocarbonyl (C=S) groups is 1. The summed E-state index contributed by atoms with van der Waals surface area (Å²) in [4.78, 5) is 11.5. The van der Waals surface area contributed by atoms with E-state index in [2.05, 4.69) is 17.5 Å². The number of ether oxygens (including phenoxy) is 2. The van der Waals surface area contributed by atoms with Gasteiger partial charge in [-0.25, -0.2) is 0 Å². The van der Waals surface area contributed by atoms with Gasteiger partial charge in [-0.15, -0.1) is 0 Å². The van der Waals surface area contributed by atoms with Gasteiger partial charge in [0.2, 0.25) is 0 Å². The maximum Gasteiger partial charge on any atom is 0.258 e. The summed E-state index contributed by atoms with van der Waals surface area (Å²) in [5, 5.41) is 2.52. The number of carbonyl (C=O) groups excluding carboxylic acids is 1. The van der Waals surface area contributed by atoms with Crippen LogP contribution in [0.5, 0.6) is 11.5 Å². The molecular formula is C11H14N2O3S. The zero-order valence-corrected chi connectivity index (χ0v) is 10.3. The van der Waals surface area contributed by atoms with Crippen molar-refractivity contribution in [3.63, 3.8) is 0 Å². The average molecular weight is 254 g/mol. The third-order valence-electron chi connectivity index (χ3n) is 1.87. The molecule has 3 N–H and O–H groups in total. The molecule has 0 aliphatic carbocycles. The number of amides is 1. The molecule has 0 fully saturated rings. The molecule has 0 aliphatic rings. The van der Waals surface area contributed by atoms with Gasteiger partial charge in [0, 0.05) is 6.07 Å². The Hall–Kier alpha value is -1.82. The molecule has 17 heavy (non-hydrogen) atoms. The van der Waals surface area contributed by atoms with Crippen LogP contribution in [0.3, 0.4) is 0 Å². The highest BCUT2D eigenvalue weighted by molar-refractivity contribution is 7.80. The first-order valence-electron chi connectivity index (χ1n) is 4.93. The Morgan fingerprint density at radius 3 is 2.82 bits per heavy atom. The van der Waals surface area contributed by atoms with Crippen LogP contribution >= 0.6 is 12.2 Å². The predicted molar refractivity (Wildman–Crippen MR) is 68.3 cm³/mol. The summed E-state index contributed by atoms with van der Waals surface area (Å²) in [6.07, 6.45) is 0. The summed E-state index contributed by atoms with van der Waals surface area (Å²) in [7, 11) is 1.56. The Kier molecular flexibility index (Phi) is 5.22. The zero-order chi connectivity index (χ0) is 12.7. The molecule has 0 saturated heterocycles. The number of methoxy groups -OCH3 is 1. The van der Waals surface area contributed by atoms with Crippen molar-refractivity contribution in [3.8, 4) is 11.5 Å². The Morgan fingerprint density at radius 2 is 2.18 bits per heavy atom. The van der Waals surface area contributed by atoms with Crippen LogP contribution < -0.4 is 20.5 Å². The Labute approximate surface area is 105 Å². The van der Waals surface area contributed by atoms with E-state index in [-0.39, 0.29) is 24.0 Å². The molecule has 1 aromatic carbocycles. The molecule has 0 aliphatic heterocycles. The van der Waals surface area contributed by atoms with Gasteiger partial charge in [-0.1, -0.05) is 18.3 Å². The first-order valence-corrected chi connectivity index (χ1v) is 5.34. The number of benzene rings is 1. The van der Waals surface area contributed by atoms with Crippen molar-refractivity contribution < 1.29 is 14.3 Å². The topological polar surface area (TPSA) is 73.6 Å². The monoisotopic (exact) mass is 254 g/mol. The lowest BCUT2D eigenvalue weighted by Gasteiger charge is -2.07. The first-order chi connectivity index (χ1) is 8.11. The number of hydrogen-bond acceptors (Lipinski definition) is 4. The van der Waals surface area contributed by atoms with Crippen LogP contribution in [0.15, 0.2) is 24.3 Å². The van der Waals surface area contributed by atoms with E-state index in [0.29, 0.717) is 11.5 Å². The van der Waals surface area contributed by atoms with Gasteiger partial charge in [0.15, 0.2) is 6.61 Å². The number of carbonyl (C=O) groups is 1. The van der Waals surface area contributed by atoms with Gasteiger partial charge in [0.1, 0.15) is 11.5 Å². The summed E-state index contributed by atoms with van der Waals surface area (Å²) >= 11 is 4.63. The summed E-state index contributed by atoms with van der Waals surface area (Å²) < 4.78 is 10.3. The molecule has 1 amide bonds. The standard InChI is InChI=1S/C11H14N2O3S/c1-15-8-3-2-4-9(5-8)16-7-11(14)13-6-10(12)17/h2-5H,6-7H2,1H3,(H2,12,17)(H,13,14). The minimum Gasteiger partial charge on any atom is -0.497 e. The van der Waals surface area contributed by atoms with Gasteiger partial charge in [0.05, 0.1) is 18.6 Å². The van der Waals surface area contributed by atoms with Crippen molar-refractivity contribution in [2.75, 3.05) is 20.3 Å². The minimum atomic E-state index is -0.277. The molecule has 0 aromatic heterocycles. The van der Waals surface area contributed by atoms with Crippen LogP contribution in [0, 0.1) is 0 Å². The van der Waals surface area contributed by atoms with E-state index in [0.717, 1.165) is 0 Å². The van der Waals surface area contributed by atoms with E-state index in [4.69, 9.17) is 15.2 Å². The molecule has 0 atom stereocenters. The molecule has 5 nitrogen and oxygen atoms in total. The smallest absolute Gasteiger partial charge is 0.258 e. The van der Waals surface area contributed by atoms with Gasteiger partial charge in [0.25, 0.3) is 5.91 Å². The maximum atomic E-state index is 11.3. The highest BCUT2D eigenvalue weighted by Crippen LogP contribution is 2.18. The Balaban J connectivity index is 2.39. The van der Waals surface area contributed by atoms with Crippen molar-refractivity contribution in [2.45, 2.75) is 0 Å². The quantitative estimate of drug-likeness (QED) is 0.722. The lowest BCUT2D eigenvalue weighted by atomic mass is 10.3.